The number of rotatable bonds is 2. The molecule has 6 nitrogen and oxygen atoms in total. The Morgan fingerprint density at radius 1 is 1.29 bits per heavy atom. The lowest BCUT2D eigenvalue weighted by atomic mass is 9.48. The van der Waals surface area contributed by atoms with E-state index in [4.69, 9.17) is 0 Å². The highest BCUT2D eigenvalue weighted by molar-refractivity contribution is 5.91. The number of aromatic nitrogens is 3. The summed E-state index contributed by atoms with van der Waals surface area (Å²) in [6, 6.07) is 0. The average Bonchev–Trinajstić information content (AvgIpc) is 3.25. The molecular formula is C22H31N3O3. The summed E-state index contributed by atoms with van der Waals surface area (Å²) in [5.74, 6) is 3.10. The summed E-state index contributed by atoms with van der Waals surface area (Å²) in [5, 5.41) is 29.4. The summed E-state index contributed by atoms with van der Waals surface area (Å²) in [4.78, 5) is 11.9. The van der Waals surface area contributed by atoms with Crippen LogP contribution in [0.5, 0.6) is 0 Å². The van der Waals surface area contributed by atoms with Crippen molar-refractivity contribution in [3.63, 3.8) is 0 Å². The van der Waals surface area contributed by atoms with E-state index in [1.807, 2.05) is 6.08 Å². The van der Waals surface area contributed by atoms with E-state index in [2.05, 4.69) is 24.2 Å². The number of ketones is 1. The van der Waals surface area contributed by atoms with E-state index in [9.17, 15) is 15.0 Å². The molecule has 5 unspecified atom stereocenters. The molecule has 3 saturated carbocycles. The molecule has 4 aliphatic rings. The maximum atomic E-state index is 11.9. The van der Waals surface area contributed by atoms with Gasteiger partial charge in [-0.15, -0.1) is 5.10 Å². The standard InChI is InChI=1S/C22H31N3O3/c1-13-9-14-10-15(27)3-4-16(14)17-5-7-21(2)18(20(13)17)6-8-22(21,28)19-11-25(12-26)24-23-19/h10-11,13,16-18,20,26,28H,3-9,12H2,1-2H3/t13?,16?,17?,18?,20?,21-,22+/m0/s1. The van der Waals surface area contributed by atoms with Gasteiger partial charge >= 0.3 is 0 Å². The highest BCUT2D eigenvalue weighted by Gasteiger charge is 2.64. The molecule has 0 radical (unpaired) electrons. The molecule has 1 aromatic rings. The topological polar surface area (TPSA) is 88.2 Å². The van der Waals surface area contributed by atoms with Crippen LogP contribution in [0.25, 0.3) is 0 Å². The van der Waals surface area contributed by atoms with Crippen LogP contribution in [0.2, 0.25) is 0 Å². The molecule has 4 aliphatic carbocycles. The van der Waals surface area contributed by atoms with Gasteiger partial charge in [0.15, 0.2) is 5.78 Å². The van der Waals surface area contributed by atoms with Gasteiger partial charge in [-0.05, 0) is 74.2 Å². The number of aliphatic hydroxyl groups excluding tert-OH is 1. The van der Waals surface area contributed by atoms with Crippen LogP contribution < -0.4 is 0 Å². The van der Waals surface area contributed by atoms with E-state index in [-0.39, 0.29) is 12.1 Å². The van der Waals surface area contributed by atoms with Gasteiger partial charge in [0.1, 0.15) is 18.0 Å². The minimum absolute atomic E-state index is 0.218. The lowest BCUT2D eigenvalue weighted by molar-refractivity contribution is -0.134. The molecule has 7 atom stereocenters. The van der Waals surface area contributed by atoms with Crippen molar-refractivity contribution in [3.8, 4) is 0 Å². The van der Waals surface area contributed by atoms with Crippen molar-refractivity contribution >= 4 is 5.78 Å². The number of nitrogens with zero attached hydrogens (tertiary/aromatic N) is 3. The van der Waals surface area contributed by atoms with Crippen molar-refractivity contribution in [1.29, 1.82) is 0 Å². The van der Waals surface area contributed by atoms with Crippen LogP contribution in [0.15, 0.2) is 17.8 Å². The minimum atomic E-state index is -0.978. The van der Waals surface area contributed by atoms with E-state index < -0.39 is 5.60 Å². The Hall–Kier alpha value is -1.53. The lowest BCUT2D eigenvalue weighted by Gasteiger charge is -2.57. The van der Waals surface area contributed by atoms with Crippen molar-refractivity contribution < 1.29 is 15.0 Å². The van der Waals surface area contributed by atoms with Gasteiger partial charge in [0.25, 0.3) is 0 Å². The smallest absolute Gasteiger partial charge is 0.155 e. The third-order valence-corrected chi connectivity index (χ3v) is 8.90. The second-order valence-electron chi connectivity index (χ2n) is 10.00. The summed E-state index contributed by atoms with van der Waals surface area (Å²) < 4.78 is 1.38. The van der Waals surface area contributed by atoms with Gasteiger partial charge < -0.3 is 10.2 Å². The normalized spacial score (nSPS) is 45.2. The van der Waals surface area contributed by atoms with Gasteiger partial charge in [0.2, 0.25) is 0 Å². The Kier molecular flexibility index (Phi) is 4.12. The Labute approximate surface area is 166 Å². The van der Waals surface area contributed by atoms with Gasteiger partial charge in [-0.2, -0.15) is 0 Å². The first-order valence-corrected chi connectivity index (χ1v) is 10.8. The first-order valence-electron chi connectivity index (χ1n) is 10.8. The van der Waals surface area contributed by atoms with Gasteiger partial charge in [0, 0.05) is 11.8 Å². The SMILES string of the molecule is CC1CC2=CC(=O)CCC2C2CC[C@@]3(C)C(CC[C@@]3(O)c3cn(CO)nn3)C12. The Morgan fingerprint density at radius 2 is 2.11 bits per heavy atom. The molecule has 3 fully saturated rings. The molecule has 28 heavy (non-hydrogen) atoms. The molecule has 0 amide bonds. The predicted molar refractivity (Wildman–Crippen MR) is 103 cm³/mol. The van der Waals surface area contributed by atoms with Gasteiger partial charge in [-0.3, -0.25) is 4.79 Å². The van der Waals surface area contributed by atoms with E-state index in [1.165, 1.54) is 10.3 Å². The van der Waals surface area contributed by atoms with Crippen molar-refractivity contribution in [2.75, 3.05) is 0 Å². The summed E-state index contributed by atoms with van der Waals surface area (Å²) in [6.45, 7) is 4.38. The second kappa shape index (κ2) is 6.23. The summed E-state index contributed by atoms with van der Waals surface area (Å²) in [7, 11) is 0. The number of allylic oxidation sites excluding steroid dienone is 1. The first-order chi connectivity index (χ1) is 13.4. The molecule has 0 saturated heterocycles. The Balaban J connectivity index is 1.49. The number of carbonyl (C=O) groups is 1. The molecule has 0 aliphatic heterocycles. The highest BCUT2D eigenvalue weighted by Crippen LogP contribution is 2.68. The quantitative estimate of drug-likeness (QED) is 0.817. The number of carbonyl (C=O) groups excluding carboxylic acids is 1. The monoisotopic (exact) mass is 385 g/mol. The zero-order chi connectivity index (χ0) is 19.7. The number of hydrogen-bond donors (Lipinski definition) is 2. The fourth-order valence-corrected chi connectivity index (χ4v) is 7.58. The highest BCUT2D eigenvalue weighted by atomic mass is 16.3. The van der Waals surface area contributed by atoms with E-state index in [1.54, 1.807) is 6.20 Å². The van der Waals surface area contributed by atoms with Crippen molar-refractivity contribution in [1.82, 2.24) is 15.0 Å². The predicted octanol–water partition coefficient (Wildman–Crippen LogP) is 2.80. The van der Waals surface area contributed by atoms with Gasteiger partial charge in [-0.1, -0.05) is 24.6 Å². The maximum Gasteiger partial charge on any atom is 0.155 e. The number of aliphatic hydroxyl groups is 2. The average molecular weight is 386 g/mol. The van der Waals surface area contributed by atoms with E-state index >= 15 is 0 Å². The Bertz CT molecular complexity index is 833. The molecule has 1 heterocycles. The van der Waals surface area contributed by atoms with Gasteiger partial charge in [-0.25, -0.2) is 4.68 Å². The van der Waals surface area contributed by atoms with E-state index in [0.29, 0.717) is 53.9 Å². The largest absolute Gasteiger partial charge is 0.383 e. The fourth-order valence-electron chi connectivity index (χ4n) is 7.58. The molecule has 1 aromatic heterocycles. The van der Waals surface area contributed by atoms with Crippen LogP contribution in [0, 0.1) is 35.0 Å². The van der Waals surface area contributed by atoms with Crippen LogP contribution >= 0.6 is 0 Å². The molecule has 152 valence electrons. The van der Waals surface area contributed by atoms with Crippen LogP contribution in [0.3, 0.4) is 0 Å². The molecule has 0 aromatic carbocycles. The summed E-state index contributed by atoms with van der Waals surface area (Å²) in [5.41, 5.74) is 0.809. The molecule has 2 N–H and O–H groups in total. The lowest BCUT2D eigenvalue weighted by Crippen LogP contribution is -2.53. The zero-order valence-corrected chi connectivity index (χ0v) is 16.8. The maximum absolute atomic E-state index is 11.9. The van der Waals surface area contributed by atoms with Crippen LogP contribution in [-0.4, -0.2) is 31.0 Å². The van der Waals surface area contributed by atoms with Crippen LogP contribution in [0.4, 0.5) is 0 Å². The molecule has 0 spiro atoms. The molecular weight excluding hydrogens is 354 g/mol. The number of hydrogen-bond acceptors (Lipinski definition) is 5. The minimum Gasteiger partial charge on any atom is -0.383 e. The number of fused-ring (bicyclic) bond motifs is 5. The zero-order valence-electron chi connectivity index (χ0n) is 16.8. The first kappa shape index (κ1) is 18.5. The van der Waals surface area contributed by atoms with Gasteiger partial charge in [0.05, 0.1) is 6.20 Å². The van der Waals surface area contributed by atoms with Crippen LogP contribution in [-0.2, 0) is 17.1 Å². The fraction of sp³-hybridized carbons (Fsp3) is 0.773. The third kappa shape index (κ3) is 2.37. The molecule has 0 bridgehead atoms. The Morgan fingerprint density at radius 3 is 2.86 bits per heavy atom. The van der Waals surface area contributed by atoms with Crippen molar-refractivity contribution in [3.05, 3.63) is 23.5 Å². The summed E-state index contributed by atoms with van der Waals surface area (Å²) >= 11 is 0. The van der Waals surface area contributed by atoms with Crippen molar-refractivity contribution in [2.24, 2.45) is 35.0 Å². The second-order valence-corrected chi connectivity index (χ2v) is 10.00. The molecule has 6 heteroatoms. The van der Waals surface area contributed by atoms with Crippen molar-refractivity contribution in [2.45, 2.75) is 71.1 Å². The molecule has 5 rings (SSSR count). The van der Waals surface area contributed by atoms with Crippen LogP contribution in [0.1, 0.15) is 64.5 Å². The van der Waals surface area contributed by atoms with E-state index in [0.717, 1.165) is 32.1 Å². The third-order valence-electron chi connectivity index (χ3n) is 8.90. The summed E-state index contributed by atoms with van der Waals surface area (Å²) in [6.07, 6.45) is 10.2.